The molecule has 0 radical (unpaired) electrons. The summed E-state index contributed by atoms with van der Waals surface area (Å²) in [6.45, 7) is 14.0. The third-order valence-corrected chi connectivity index (χ3v) is 0. The number of hydrogen-bond donors (Lipinski definition) is 6. The Balaban J connectivity index is -0.0000000731. The van der Waals surface area contributed by atoms with Crippen LogP contribution >= 0.6 is 15.6 Å². The van der Waals surface area contributed by atoms with Crippen LogP contribution < -0.4 is 0 Å². The van der Waals surface area contributed by atoms with Crippen molar-refractivity contribution in [3.05, 3.63) is 12.2 Å². The summed E-state index contributed by atoms with van der Waals surface area (Å²) in [4.78, 5) is 43.1. The summed E-state index contributed by atoms with van der Waals surface area (Å²) < 4.78 is 17.8. The molecule has 0 spiro atoms. The molecular formula is C8H24O8P2. The average Bonchev–Trinajstić information content (AvgIpc) is 1.70. The molecule has 0 aliphatic carbocycles. The van der Waals surface area contributed by atoms with Gasteiger partial charge in [0.25, 0.3) is 0 Å². The van der Waals surface area contributed by atoms with Crippen LogP contribution in [0.15, 0.2) is 12.2 Å². The minimum Gasteiger partial charge on any atom is -0.303 e. The second-order valence-electron chi connectivity index (χ2n) is 3.97. The maximum atomic E-state index is 8.88. The van der Waals surface area contributed by atoms with Gasteiger partial charge in [0.2, 0.25) is 0 Å². The monoisotopic (exact) mass is 310 g/mol. The molecule has 0 amide bonds. The molecule has 10 heteroatoms. The van der Waals surface area contributed by atoms with E-state index in [1.807, 2.05) is 13.8 Å². The SMILES string of the molecule is C=C(C)C.CC(C)C.O=P(O)(O)O.O=P(O)(O)O. The minimum atomic E-state index is -4.64. The molecule has 0 aromatic rings. The molecule has 0 aliphatic rings. The van der Waals surface area contributed by atoms with Gasteiger partial charge in [0.1, 0.15) is 0 Å². The smallest absolute Gasteiger partial charge is 0.303 e. The number of rotatable bonds is 0. The molecule has 0 aromatic heterocycles. The van der Waals surface area contributed by atoms with Crippen molar-refractivity contribution >= 4 is 15.6 Å². The van der Waals surface area contributed by atoms with Gasteiger partial charge in [-0.1, -0.05) is 26.3 Å². The van der Waals surface area contributed by atoms with Crippen molar-refractivity contribution in [1.29, 1.82) is 0 Å². The van der Waals surface area contributed by atoms with Crippen LogP contribution in [0, 0.1) is 5.92 Å². The third-order valence-electron chi connectivity index (χ3n) is 0. The van der Waals surface area contributed by atoms with E-state index in [0.717, 1.165) is 5.92 Å². The first-order chi connectivity index (χ1) is 7.46. The van der Waals surface area contributed by atoms with Crippen LogP contribution in [-0.2, 0) is 9.13 Å². The molecule has 0 fully saturated rings. The lowest BCUT2D eigenvalue weighted by Crippen LogP contribution is -1.66. The van der Waals surface area contributed by atoms with Gasteiger partial charge in [-0.05, 0) is 19.8 Å². The molecule has 18 heavy (non-hydrogen) atoms. The Morgan fingerprint density at radius 2 is 0.833 bits per heavy atom. The fourth-order valence-corrected chi connectivity index (χ4v) is 0. The highest BCUT2D eigenvalue weighted by Gasteiger charge is 2.00. The highest BCUT2D eigenvalue weighted by atomic mass is 31.2. The molecule has 0 atom stereocenters. The zero-order valence-electron chi connectivity index (χ0n) is 11.2. The van der Waals surface area contributed by atoms with Crippen molar-refractivity contribution in [2.45, 2.75) is 34.6 Å². The Labute approximate surface area is 107 Å². The first kappa shape index (κ1) is 26.5. The summed E-state index contributed by atoms with van der Waals surface area (Å²) in [5.74, 6) is 0.833. The zero-order chi connectivity index (χ0) is 16.2. The summed E-state index contributed by atoms with van der Waals surface area (Å²) in [5.41, 5.74) is 1.17. The van der Waals surface area contributed by atoms with E-state index in [9.17, 15) is 0 Å². The summed E-state index contributed by atoms with van der Waals surface area (Å²) in [6.07, 6.45) is 0. The Hall–Kier alpha value is -0.0400. The molecule has 8 nitrogen and oxygen atoms in total. The van der Waals surface area contributed by atoms with Gasteiger partial charge in [0.15, 0.2) is 0 Å². The van der Waals surface area contributed by atoms with Gasteiger partial charge >= 0.3 is 15.6 Å². The predicted molar refractivity (Wildman–Crippen MR) is 69.5 cm³/mol. The van der Waals surface area contributed by atoms with Crippen molar-refractivity contribution in [3.63, 3.8) is 0 Å². The molecule has 0 aromatic carbocycles. The minimum absolute atomic E-state index is 0.833. The van der Waals surface area contributed by atoms with Crippen LogP contribution in [0.2, 0.25) is 0 Å². The van der Waals surface area contributed by atoms with Crippen LogP contribution in [0.5, 0.6) is 0 Å². The largest absolute Gasteiger partial charge is 0.466 e. The van der Waals surface area contributed by atoms with Gasteiger partial charge in [0, 0.05) is 0 Å². The number of phosphoric acid groups is 2. The molecule has 0 saturated carbocycles. The Morgan fingerprint density at radius 1 is 0.833 bits per heavy atom. The van der Waals surface area contributed by atoms with E-state index in [2.05, 4.69) is 27.4 Å². The molecule has 0 rings (SSSR count). The molecule has 0 heterocycles. The average molecular weight is 310 g/mol. The fraction of sp³-hybridized carbons (Fsp3) is 0.750. The fourth-order valence-electron chi connectivity index (χ4n) is 0. The van der Waals surface area contributed by atoms with Crippen LogP contribution in [0.1, 0.15) is 34.6 Å². The van der Waals surface area contributed by atoms with Gasteiger partial charge in [-0.3, -0.25) is 0 Å². The lowest BCUT2D eigenvalue weighted by molar-refractivity contribution is 0.272. The molecule has 6 N–H and O–H groups in total. The molecule has 0 aliphatic heterocycles. The highest BCUT2D eigenvalue weighted by molar-refractivity contribution is 7.45. The van der Waals surface area contributed by atoms with Crippen LogP contribution in [0.25, 0.3) is 0 Å². The van der Waals surface area contributed by atoms with Crippen molar-refractivity contribution in [2.75, 3.05) is 0 Å². The van der Waals surface area contributed by atoms with E-state index in [4.69, 9.17) is 38.5 Å². The van der Waals surface area contributed by atoms with E-state index in [-0.39, 0.29) is 0 Å². The third kappa shape index (κ3) is 2230000. The summed E-state index contributed by atoms with van der Waals surface area (Å²) in [5, 5.41) is 0. The molecular weight excluding hydrogens is 286 g/mol. The maximum absolute atomic E-state index is 8.88. The normalized spacial score (nSPS) is 10.0. The number of hydrogen-bond acceptors (Lipinski definition) is 2. The van der Waals surface area contributed by atoms with Crippen LogP contribution in [0.4, 0.5) is 0 Å². The van der Waals surface area contributed by atoms with Crippen molar-refractivity contribution in [1.82, 2.24) is 0 Å². The first-order valence-electron chi connectivity index (χ1n) is 4.65. The molecule has 114 valence electrons. The quantitative estimate of drug-likeness (QED) is 0.289. The Kier molecular flexibility index (Phi) is 19.7. The van der Waals surface area contributed by atoms with E-state index < -0.39 is 15.6 Å². The van der Waals surface area contributed by atoms with Crippen molar-refractivity contribution in [3.8, 4) is 0 Å². The predicted octanol–water partition coefficient (Wildman–Crippen LogP) is 1.39. The van der Waals surface area contributed by atoms with Gasteiger partial charge in [0.05, 0.1) is 0 Å². The Morgan fingerprint density at radius 3 is 0.833 bits per heavy atom. The standard InChI is InChI=1S/C4H10.C4H8.2H3O4P/c2*1-4(2)3;2*1-5(2,3)4/h4H,1-3H3;1H2,2-3H3;2*(H3,1,2,3,4). The topological polar surface area (TPSA) is 156 Å². The lowest BCUT2D eigenvalue weighted by Gasteiger charge is -1.82. The second-order valence-corrected chi connectivity index (χ2v) is 6.02. The number of allylic oxidation sites excluding steroid dienone is 1. The van der Waals surface area contributed by atoms with E-state index in [1.54, 1.807) is 0 Å². The summed E-state index contributed by atoms with van der Waals surface area (Å²) in [6, 6.07) is 0. The second kappa shape index (κ2) is 13.4. The van der Waals surface area contributed by atoms with Crippen LogP contribution in [0.3, 0.4) is 0 Å². The summed E-state index contributed by atoms with van der Waals surface area (Å²) >= 11 is 0. The van der Waals surface area contributed by atoms with E-state index >= 15 is 0 Å². The zero-order valence-corrected chi connectivity index (χ0v) is 13.0. The van der Waals surface area contributed by atoms with E-state index in [0.29, 0.717) is 0 Å². The van der Waals surface area contributed by atoms with Crippen molar-refractivity contribution in [2.24, 2.45) is 5.92 Å². The molecule has 0 bridgehead atoms. The van der Waals surface area contributed by atoms with Gasteiger partial charge in [-0.15, -0.1) is 6.58 Å². The highest BCUT2D eigenvalue weighted by Crippen LogP contribution is 2.26. The molecule has 0 unspecified atom stereocenters. The lowest BCUT2D eigenvalue weighted by atomic mass is 10.3. The van der Waals surface area contributed by atoms with Gasteiger partial charge in [-0.2, -0.15) is 0 Å². The first-order valence-corrected chi connectivity index (χ1v) is 7.78. The van der Waals surface area contributed by atoms with Crippen molar-refractivity contribution < 1.29 is 38.5 Å². The van der Waals surface area contributed by atoms with Gasteiger partial charge in [-0.25, -0.2) is 9.13 Å². The summed E-state index contributed by atoms with van der Waals surface area (Å²) in [7, 11) is -9.28. The maximum Gasteiger partial charge on any atom is 0.466 e. The van der Waals surface area contributed by atoms with E-state index in [1.165, 1.54) is 5.57 Å². The molecule has 0 saturated heterocycles. The van der Waals surface area contributed by atoms with Crippen LogP contribution in [-0.4, -0.2) is 29.4 Å². The van der Waals surface area contributed by atoms with Gasteiger partial charge < -0.3 is 29.4 Å². The Bertz CT molecular complexity index is 234.